The topological polar surface area (TPSA) is 96.9 Å². The molecule has 10 heteroatoms. The summed E-state index contributed by atoms with van der Waals surface area (Å²) in [6.45, 7) is 1.11. The fourth-order valence-electron chi connectivity index (χ4n) is 2.81. The predicted molar refractivity (Wildman–Crippen MR) is 105 cm³/mol. The highest BCUT2D eigenvalue weighted by Gasteiger charge is 2.42. The van der Waals surface area contributed by atoms with E-state index in [0.29, 0.717) is 34.6 Å². The Labute approximate surface area is 161 Å². The van der Waals surface area contributed by atoms with Crippen LogP contribution in [-0.4, -0.2) is 62.6 Å². The molecule has 1 aromatic carbocycles. The SMILES string of the molecule is COCCCNC(=O)c1ccc(Cl)c(NC2=N[C@H]3CS(=O)(=O)C[C@@H]3S2)c1. The lowest BCUT2D eigenvalue weighted by atomic mass is 10.2. The number of thioether (sulfide) groups is 1. The van der Waals surface area contributed by atoms with Gasteiger partial charge in [0.05, 0.1) is 28.3 Å². The second-order valence-corrected chi connectivity index (χ2v) is 9.95. The van der Waals surface area contributed by atoms with Crippen LogP contribution in [0.5, 0.6) is 0 Å². The Hall–Kier alpha value is -1.29. The Morgan fingerprint density at radius 1 is 1.42 bits per heavy atom. The second-order valence-electron chi connectivity index (χ2n) is 6.16. The molecule has 142 valence electrons. The van der Waals surface area contributed by atoms with E-state index in [4.69, 9.17) is 16.3 Å². The van der Waals surface area contributed by atoms with Gasteiger partial charge in [-0.3, -0.25) is 9.79 Å². The maximum absolute atomic E-state index is 12.2. The van der Waals surface area contributed by atoms with Crippen molar-refractivity contribution in [2.45, 2.75) is 17.7 Å². The van der Waals surface area contributed by atoms with Crippen molar-refractivity contribution in [3.63, 3.8) is 0 Å². The monoisotopic (exact) mass is 417 g/mol. The standard InChI is InChI=1S/C16H20ClN3O4S2/c1-24-6-2-5-18-15(21)10-3-4-11(17)12(7-10)19-16-20-13-8-26(22,23)9-14(13)25-16/h3-4,7,13-14H,2,5-6,8-9H2,1H3,(H,18,21)(H,19,20)/t13-,14-/m0/s1. The number of hydrogen-bond donors (Lipinski definition) is 2. The summed E-state index contributed by atoms with van der Waals surface area (Å²) in [6, 6.07) is 4.77. The van der Waals surface area contributed by atoms with Gasteiger partial charge in [-0.05, 0) is 24.6 Å². The van der Waals surface area contributed by atoms with Gasteiger partial charge in [0.2, 0.25) is 0 Å². The normalized spacial score (nSPS) is 23.4. The first kappa shape index (κ1) is 19.5. The van der Waals surface area contributed by atoms with Crippen LogP contribution in [-0.2, 0) is 14.6 Å². The third-order valence-corrected chi connectivity index (χ3v) is 7.57. The van der Waals surface area contributed by atoms with E-state index < -0.39 is 9.84 Å². The third kappa shape index (κ3) is 4.70. The molecule has 2 aliphatic rings. The Kier molecular flexibility index (Phi) is 6.11. The number of rotatable bonds is 6. The summed E-state index contributed by atoms with van der Waals surface area (Å²) >= 11 is 7.63. The van der Waals surface area contributed by atoms with Crippen LogP contribution in [0.15, 0.2) is 23.2 Å². The molecule has 0 aromatic heterocycles. The van der Waals surface area contributed by atoms with Crippen molar-refractivity contribution in [1.29, 1.82) is 0 Å². The number of hydrogen-bond acceptors (Lipinski definition) is 7. The van der Waals surface area contributed by atoms with E-state index in [-0.39, 0.29) is 28.7 Å². The number of aliphatic imine (C=N–C) groups is 1. The first-order valence-corrected chi connectivity index (χ1v) is 11.2. The molecule has 2 heterocycles. The van der Waals surface area contributed by atoms with Crippen molar-refractivity contribution in [3.8, 4) is 0 Å². The lowest BCUT2D eigenvalue weighted by molar-refractivity contribution is 0.0948. The highest BCUT2D eigenvalue weighted by molar-refractivity contribution is 8.15. The minimum Gasteiger partial charge on any atom is -0.385 e. The predicted octanol–water partition coefficient (Wildman–Crippen LogP) is 1.79. The van der Waals surface area contributed by atoms with Gasteiger partial charge in [0.15, 0.2) is 15.0 Å². The van der Waals surface area contributed by atoms with E-state index in [2.05, 4.69) is 15.6 Å². The van der Waals surface area contributed by atoms with Crippen molar-refractivity contribution in [2.24, 2.45) is 4.99 Å². The number of carbonyl (C=O) groups is 1. The number of nitrogens with one attached hydrogen (secondary N) is 2. The molecule has 1 saturated heterocycles. The van der Waals surface area contributed by atoms with Crippen LogP contribution in [0, 0.1) is 0 Å². The third-order valence-electron chi connectivity index (χ3n) is 4.10. The number of anilines is 1. The highest BCUT2D eigenvalue weighted by atomic mass is 35.5. The summed E-state index contributed by atoms with van der Waals surface area (Å²) in [5, 5.41) is 7.00. The van der Waals surface area contributed by atoms with Crippen LogP contribution in [0.1, 0.15) is 16.8 Å². The lowest BCUT2D eigenvalue weighted by Gasteiger charge is -2.11. The van der Waals surface area contributed by atoms with Gasteiger partial charge in [-0.1, -0.05) is 23.4 Å². The summed E-state index contributed by atoms with van der Waals surface area (Å²) < 4.78 is 28.2. The second kappa shape index (κ2) is 8.16. The Morgan fingerprint density at radius 3 is 2.96 bits per heavy atom. The summed E-state index contributed by atoms with van der Waals surface area (Å²) in [7, 11) is -1.37. The molecule has 1 aromatic rings. The molecule has 0 spiro atoms. The minimum absolute atomic E-state index is 0.0476. The number of amidine groups is 1. The van der Waals surface area contributed by atoms with Gasteiger partial charge in [-0.25, -0.2) is 8.42 Å². The average molecular weight is 418 g/mol. The van der Waals surface area contributed by atoms with E-state index in [1.807, 2.05) is 0 Å². The Balaban J connectivity index is 1.65. The number of nitrogens with zero attached hydrogens (tertiary/aromatic N) is 1. The maximum atomic E-state index is 12.2. The van der Waals surface area contributed by atoms with Gasteiger partial charge in [0.1, 0.15) is 0 Å². The Bertz CT molecular complexity index is 829. The van der Waals surface area contributed by atoms with E-state index >= 15 is 0 Å². The average Bonchev–Trinajstić information content (AvgIpc) is 3.06. The van der Waals surface area contributed by atoms with Crippen LogP contribution in [0.3, 0.4) is 0 Å². The molecule has 0 bridgehead atoms. The van der Waals surface area contributed by atoms with Crippen molar-refractivity contribution < 1.29 is 17.9 Å². The summed E-state index contributed by atoms with van der Waals surface area (Å²) in [6.07, 6.45) is 0.736. The van der Waals surface area contributed by atoms with Crippen LogP contribution in [0.2, 0.25) is 5.02 Å². The molecule has 3 rings (SSSR count). The zero-order valence-corrected chi connectivity index (χ0v) is 16.6. The first-order chi connectivity index (χ1) is 12.4. The number of amides is 1. The van der Waals surface area contributed by atoms with Gasteiger partial charge >= 0.3 is 0 Å². The number of carbonyl (C=O) groups excluding carboxylic acids is 1. The summed E-state index contributed by atoms with van der Waals surface area (Å²) in [5.41, 5.74) is 1.06. The molecule has 1 fully saturated rings. The van der Waals surface area contributed by atoms with E-state index in [1.54, 1.807) is 25.3 Å². The van der Waals surface area contributed by atoms with Crippen LogP contribution >= 0.6 is 23.4 Å². The maximum Gasteiger partial charge on any atom is 0.251 e. The van der Waals surface area contributed by atoms with E-state index in [0.717, 1.165) is 6.42 Å². The number of fused-ring (bicyclic) bond motifs is 1. The van der Waals surface area contributed by atoms with Crippen molar-refractivity contribution in [1.82, 2.24) is 5.32 Å². The van der Waals surface area contributed by atoms with Crippen molar-refractivity contribution in [3.05, 3.63) is 28.8 Å². The molecular formula is C16H20ClN3O4S2. The summed E-state index contributed by atoms with van der Waals surface area (Å²) in [5.74, 6) is 0.0483. The van der Waals surface area contributed by atoms with Crippen LogP contribution in [0.4, 0.5) is 5.69 Å². The smallest absolute Gasteiger partial charge is 0.251 e. The molecule has 2 aliphatic heterocycles. The number of ether oxygens (including phenoxy) is 1. The van der Waals surface area contributed by atoms with E-state index in [9.17, 15) is 13.2 Å². The molecule has 0 unspecified atom stereocenters. The van der Waals surface area contributed by atoms with Crippen molar-refractivity contribution in [2.75, 3.05) is 37.1 Å². The van der Waals surface area contributed by atoms with Crippen LogP contribution < -0.4 is 10.6 Å². The minimum atomic E-state index is -2.98. The molecule has 2 atom stereocenters. The molecule has 0 saturated carbocycles. The van der Waals surface area contributed by atoms with E-state index in [1.165, 1.54) is 11.8 Å². The van der Waals surface area contributed by atoms with Gasteiger partial charge in [-0.15, -0.1) is 0 Å². The zero-order valence-electron chi connectivity index (χ0n) is 14.2. The summed E-state index contributed by atoms with van der Waals surface area (Å²) in [4.78, 5) is 16.7. The molecule has 1 amide bonds. The number of sulfone groups is 1. The van der Waals surface area contributed by atoms with Crippen LogP contribution in [0.25, 0.3) is 0 Å². The Morgan fingerprint density at radius 2 is 2.23 bits per heavy atom. The number of halogens is 1. The molecule has 26 heavy (non-hydrogen) atoms. The lowest BCUT2D eigenvalue weighted by Crippen LogP contribution is -2.25. The van der Waals surface area contributed by atoms with Crippen molar-refractivity contribution >= 4 is 50.0 Å². The van der Waals surface area contributed by atoms with Gasteiger partial charge < -0.3 is 15.4 Å². The highest BCUT2D eigenvalue weighted by Crippen LogP contribution is 2.35. The van der Waals surface area contributed by atoms with Gasteiger partial charge in [0.25, 0.3) is 5.91 Å². The molecular weight excluding hydrogens is 398 g/mol. The zero-order chi connectivity index (χ0) is 18.7. The van der Waals surface area contributed by atoms with Gasteiger partial charge in [0, 0.05) is 31.1 Å². The molecule has 2 N–H and O–H groups in total. The molecule has 0 radical (unpaired) electrons. The molecule has 7 nitrogen and oxygen atoms in total. The van der Waals surface area contributed by atoms with Gasteiger partial charge in [-0.2, -0.15) is 0 Å². The first-order valence-electron chi connectivity index (χ1n) is 8.16. The fraction of sp³-hybridized carbons (Fsp3) is 0.500. The largest absolute Gasteiger partial charge is 0.385 e. The molecule has 0 aliphatic carbocycles. The number of methoxy groups -OCH3 is 1. The quantitative estimate of drug-likeness (QED) is 0.685. The fourth-order valence-corrected chi connectivity index (χ4v) is 6.65. The number of benzene rings is 1.